The fraction of sp³-hybridized carbons (Fsp3) is 1.00. The monoisotopic (exact) mass is 413 g/mol. The third kappa shape index (κ3) is 9.13. The first kappa shape index (κ1) is 21.0. The van der Waals surface area contributed by atoms with E-state index in [1.165, 1.54) is 0 Å². The van der Waals surface area contributed by atoms with E-state index in [0.29, 0.717) is 12.2 Å². The number of hydrogen-bond acceptors (Lipinski definition) is 4. The van der Waals surface area contributed by atoms with Crippen LogP contribution in [0.4, 0.5) is 0 Å². The summed E-state index contributed by atoms with van der Waals surface area (Å²) in [6, 6.07) is 0. The molecule has 0 aliphatic carbocycles. The average molecular weight is 412 g/mol. The fourth-order valence-electron chi connectivity index (χ4n) is 1.98. The molecule has 0 saturated heterocycles. The van der Waals surface area contributed by atoms with Gasteiger partial charge in [0.05, 0.1) is 0 Å². The molecular formula is C15H35NO2SSn. The first-order valence-electron chi connectivity index (χ1n) is 8.16. The van der Waals surface area contributed by atoms with E-state index < -0.39 is 19.2 Å². The van der Waals surface area contributed by atoms with E-state index in [4.69, 9.17) is 11.9 Å². The van der Waals surface area contributed by atoms with Gasteiger partial charge in [0.2, 0.25) is 0 Å². The summed E-state index contributed by atoms with van der Waals surface area (Å²) in [5.74, 6) is 1.14. The second kappa shape index (κ2) is 12.6. The van der Waals surface area contributed by atoms with Crippen LogP contribution in [0.1, 0.15) is 60.3 Å². The maximum absolute atomic E-state index is 6.53. The van der Waals surface area contributed by atoms with E-state index in [2.05, 4.69) is 34.6 Å². The normalized spacial score (nSPS) is 17.7. The number of unbranched alkanes of at least 4 members (excludes halogenated alkanes) is 1. The Morgan fingerprint density at radius 3 is 1.95 bits per heavy atom. The van der Waals surface area contributed by atoms with Crippen LogP contribution >= 0.6 is 11.8 Å². The van der Waals surface area contributed by atoms with Gasteiger partial charge in [-0.2, -0.15) is 0 Å². The van der Waals surface area contributed by atoms with Gasteiger partial charge in [0.15, 0.2) is 0 Å². The molecule has 0 spiro atoms. The van der Waals surface area contributed by atoms with Crippen molar-refractivity contribution in [2.75, 3.05) is 16.1 Å². The second-order valence-electron chi connectivity index (χ2n) is 5.47. The van der Waals surface area contributed by atoms with Crippen LogP contribution in [-0.2, 0) is 6.15 Å². The van der Waals surface area contributed by atoms with Gasteiger partial charge in [0.25, 0.3) is 0 Å². The molecule has 0 amide bonds. The number of hydrogen-bond donors (Lipinski definition) is 1. The zero-order chi connectivity index (χ0) is 15.4. The van der Waals surface area contributed by atoms with Gasteiger partial charge < -0.3 is 0 Å². The van der Waals surface area contributed by atoms with Crippen molar-refractivity contribution in [1.82, 2.24) is 0 Å². The van der Waals surface area contributed by atoms with Crippen LogP contribution in [0.3, 0.4) is 0 Å². The molecule has 3 nitrogen and oxygen atoms in total. The SMILES string of the molecule is CCS[CH2][Sn]([CH2]CCCN)([O]C(C)CC)[O]C(C)CC. The van der Waals surface area contributed by atoms with E-state index in [1.807, 2.05) is 11.8 Å². The summed E-state index contributed by atoms with van der Waals surface area (Å²) in [5.41, 5.74) is 5.65. The minimum atomic E-state index is -2.97. The van der Waals surface area contributed by atoms with Crippen LogP contribution in [-0.4, -0.2) is 47.5 Å². The molecule has 0 heterocycles. The van der Waals surface area contributed by atoms with Crippen LogP contribution in [0.25, 0.3) is 0 Å². The van der Waals surface area contributed by atoms with Gasteiger partial charge in [-0.25, -0.2) is 0 Å². The molecule has 0 aromatic carbocycles. The van der Waals surface area contributed by atoms with Gasteiger partial charge in [-0.3, -0.25) is 0 Å². The van der Waals surface area contributed by atoms with Crippen molar-refractivity contribution in [3.8, 4) is 0 Å². The summed E-state index contributed by atoms with van der Waals surface area (Å²) >= 11 is -0.980. The molecule has 2 unspecified atom stereocenters. The Labute approximate surface area is 135 Å². The van der Waals surface area contributed by atoms with Crippen molar-refractivity contribution in [1.29, 1.82) is 0 Å². The van der Waals surface area contributed by atoms with Gasteiger partial charge in [0, 0.05) is 0 Å². The van der Waals surface area contributed by atoms with Crippen molar-refractivity contribution in [2.24, 2.45) is 5.73 Å². The molecule has 0 fully saturated rings. The van der Waals surface area contributed by atoms with Crippen LogP contribution in [0.5, 0.6) is 0 Å². The molecular weight excluding hydrogens is 377 g/mol. The van der Waals surface area contributed by atoms with E-state index in [1.54, 1.807) is 0 Å². The number of rotatable bonds is 13. The molecule has 122 valence electrons. The number of nitrogens with two attached hydrogens (primary N) is 1. The third-order valence-corrected chi connectivity index (χ3v) is 18.0. The van der Waals surface area contributed by atoms with Gasteiger partial charge in [0.1, 0.15) is 0 Å². The Bertz CT molecular complexity index is 220. The van der Waals surface area contributed by atoms with Crippen LogP contribution in [0, 0.1) is 0 Å². The molecule has 0 radical (unpaired) electrons. The fourth-order valence-corrected chi connectivity index (χ4v) is 17.8. The molecule has 0 rings (SSSR count). The summed E-state index contributed by atoms with van der Waals surface area (Å²) in [7, 11) is 0. The van der Waals surface area contributed by atoms with Crippen molar-refractivity contribution in [3.63, 3.8) is 0 Å². The molecule has 0 aromatic rings. The molecule has 2 atom stereocenters. The van der Waals surface area contributed by atoms with Crippen LogP contribution < -0.4 is 5.73 Å². The molecule has 0 aliphatic rings. The summed E-state index contributed by atoms with van der Waals surface area (Å²) in [5, 5.41) is 0. The van der Waals surface area contributed by atoms with E-state index in [0.717, 1.165) is 46.2 Å². The van der Waals surface area contributed by atoms with E-state index in [9.17, 15) is 0 Å². The zero-order valence-corrected chi connectivity index (χ0v) is 17.8. The maximum atomic E-state index is 6.53. The average Bonchev–Trinajstić information content (AvgIpc) is 2.45. The first-order valence-corrected chi connectivity index (χ1v) is 15.7. The predicted octanol–water partition coefficient (Wildman–Crippen LogP) is 4.09. The molecule has 5 heteroatoms. The first-order chi connectivity index (χ1) is 9.53. The van der Waals surface area contributed by atoms with Crippen molar-refractivity contribution < 1.29 is 6.15 Å². The van der Waals surface area contributed by atoms with Gasteiger partial charge >= 0.3 is 136 Å². The molecule has 20 heavy (non-hydrogen) atoms. The van der Waals surface area contributed by atoms with Crippen molar-refractivity contribution in [2.45, 2.75) is 76.9 Å². The molecule has 0 aromatic heterocycles. The Balaban J connectivity index is 4.83. The second-order valence-corrected chi connectivity index (χ2v) is 17.2. The summed E-state index contributed by atoms with van der Waals surface area (Å²) < 4.78 is 15.3. The van der Waals surface area contributed by atoms with E-state index in [-0.39, 0.29) is 0 Å². The Hall–Kier alpha value is 1.03. The molecule has 2 N–H and O–H groups in total. The van der Waals surface area contributed by atoms with E-state index >= 15 is 0 Å². The Morgan fingerprint density at radius 2 is 1.55 bits per heavy atom. The van der Waals surface area contributed by atoms with Crippen LogP contribution in [0.15, 0.2) is 0 Å². The third-order valence-electron chi connectivity index (χ3n) is 3.52. The van der Waals surface area contributed by atoms with Crippen LogP contribution in [0.2, 0.25) is 4.44 Å². The molecule has 0 saturated carbocycles. The summed E-state index contributed by atoms with van der Waals surface area (Å²) in [4.78, 5) is 0. The van der Waals surface area contributed by atoms with Gasteiger partial charge in [-0.15, -0.1) is 0 Å². The summed E-state index contributed by atoms with van der Waals surface area (Å²) in [6.45, 7) is 11.7. The zero-order valence-electron chi connectivity index (χ0n) is 14.1. The predicted molar refractivity (Wildman–Crippen MR) is 93.5 cm³/mol. The summed E-state index contributed by atoms with van der Waals surface area (Å²) in [6.07, 6.45) is 5.02. The number of thioether (sulfide) groups is 1. The standard InChI is InChI=1S/C4H10N.2C4H9O.C3H7S.Sn/c1-2-3-4-5;2*1-3-4(2)5;1-3-4-2;/h1-5H2;2*4H,3H2,1-2H3;2-3H2,1H3;/q;2*-1;;+2. The molecule has 0 aliphatic heterocycles. The Morgan fingerprint density at radius 1 is 1.00 bits per heavy atom. The Kier molecular flexibility index (Phi) is 13.2. The topological polar surface area (TPSA) is 44.5 Å². The minimum absolute atomic E-state index is 0.324. The van der Waals surface area contributed by atoms with Crippen molar-refractivity contribution in [3.05, 3.63) is 0 Å². The quantitative estimate of drug-likeness (QED) is 0.366. The van der Waals surface area contributed by atoms with Gasteiger partial charge in [-0.05, 0) is 0 Å². The molecule has 0 bridgehead atoms. The van der Waals surface area contributed by atoms with Crippen molar-refractivity contribution >= 4 is 31.0 Å². The van der Waals surface area contributed by atoms with Gasteiger partial charge in [-0.1, -0.05) is 0 Å².